The molecule has 4 rings (SSSR count). The SMILES string of the molecule is COc1ccc(F)c(CNC2CC2c2ccc(C(=O)NCc3ccccc3)cc2)c1.O=C(O)C(F)(F)F. The number of nitrogens with one attached hydrogen (secondary N) is 2. The number of halogens is 4. The number of amides is 1. The topological polar surface area (TPSA) is 87.7 Å². The van der Waals surface area contributed by atoms with E-state index in [-0.39, 0.29) is 11.7 Å². The van der Waals surface area contributed by atoms with E-state index in [2.05, 4.69) is 10.6 Å². The van der Waals surface area contributed by atoms with Crippen molar-refractivity contribution in [3.8, 4) is 5.75 Å². The van der Waals surface area contributed by atoms with Crippen molar-refractivity contribution in [2.75, 3.05) is 7.11 Å². The zero-order valence-electron chi connectivity index (χ0n) is 19.9. The summed E-state index contributed by atoms with van der Waals surface area (Å²) in [5.41, 5.74) is 3.52. The van der Waals surface area contributed by atoms with Crippen molar-refractivity contribution in [1.29, 1.82) is 0 Å². The van der Waals surface area contributed by atoms with Gasteiger partial charge in [-0.1, -0.05) is 42.5 Å². The van der Waals surface area contributed by atoms with E-state index in [0.717, 1.165) is 12.0 Å². The van der Waals surface area contributed by atoms with Crippen molar-refractivity contribution in [3.05, 3.63) is 101 Å². The number of ether oxygens (including phenoxy) is 1. The Kier molecular flexibility index (Phi) is 9.24. The maximum atomic E-state index is 14.0. The first kappa shape index (κ1) is 27.7. The van der Waals surface area contributed by atoms with Crippen LogP contribution < -0.4 is 15.4 Å². The van der Waals surface area contributed by atoms with E-state index in [1.54, 1.807) is 19.2 Å². The maximum Gasteiger partial charge on any atom is 0.490 e. The monoisotopic (exact) mass is 518 g/mol. The van der Waals surface area contributed by atoms with Crippen LogP contribution in [0.2, 0.25) is 0 Å². The van der Waals surface area contributed by atoms with Crippen molar-refractivity contribution in [2.24, 2.45) is 0 Å². The Morgan fingerprint density at radius 3 is 2.24 bits per heavy atom. The van der Waals surface area contributed by atoms with E-state index in [1.165, 1.54) is 11.6 Å². The highest BCUT2D eigenvalue weighted by Gasteiger charge is 2.38. The predicted octanol–water partition coefficient (Wildman–Crippen LogP) is 5.04. The predicted molar refractivity (Wildman–Crippen MR) is 129 cm³/mol. The number of hydrogen-bond donors (Lipinski definition) is 3. The van der Waals surface area contributed by atoms with E-state index in [4.69, 9.17) is 14.6 Å². The summed E-state index contributed by atoms with van der Waals surface area (Å²) < 4.78 is 50.9. The number of alkyl halides is 3. The maximum absolute atomic E-state index is 14.0. The summed E-state index contributed by atoms with van der Waals surface area (Å²) in [6.45, 7) is 0.973. The molecule has 0 heterocycles. The number of carbonyl (C=O) groups is 2. The lowest BCUT2D eigenvalue weighted by Crippen LogP contribution is -2.22. The molecule has 0 saturated heterocycles. The molecule has 10 heteroatoms. The van der Waals surface area contributed by atoms with Gasteiger partial charge in [0.15, 0.2) is 0 Å². The van der Waals surface area contributed by atoms with Crippen LogP contribution in [-0.2, 0) is 17.9 Å². The Balaban J connectivity index is 0.000000479. The van der Waals surface area contributed by atoms with E-state index < -0.39 is 12.1 Å². The van der Waals surface area contributed by atoms with Crippen molar-refractivity contribution in [3.63, 3.8) is 0 Å². The van der Waals surface area contributed by atoms with E-state index in [9.17, 15) is 22.4 Å². The summed E-state index contributed by atoms with van der Waals surface area (Å²) in [4.78, 5) is 21.2. The molecule has 1 aliphatic carbocycles. The molecule has 0 aliphatic heterocycles. The molecule has 1 aliphatic rings. The third-order valence-corrected chi connectivity index (χ3v) is 5.74. The minimum absolute atomic E-state index is 0.0793. The molecule has 3 aromatic carbocycles. The van der Waals surface area contributed by atoms with Gasteiger partial charge in [-0.15, -0.1) is 0 Å². The molecule has 2 atom stereocenters. The molecule has 0 spiro atoms. The molecule has 37 heavy (non-hydrogen) atoms. The lowest BCUT2D eigenvalue weighted by atomic mass is 10.1. The third-order valence-electron chi connectivity index (χ3n) is 5.74. The first-order chi connectivity index (χ1) is 17.6. The van der Waals surface area contributed by atoms with Crippen molar-refractivity contribution < 1.29 is 37.0 Å². The third kappa shape index (κ3) is 8.32. The van der Waals surface area contributed by atoms with E-state index in [0.29, 0.717) is 41.9 Å². The lowest BCUT2D eigenvalue weighted by molar-refractivity contribution is -0.192. The van der Waals surface area contributed by atoms with E-state index in [1.807, 2.05) is 54.6 Å². The minimum atomic E-state index is -5.08. The van der Waals surface area contributed by atoms with Gasteiger partial charge in [-0.25, -0.2) is 9.18 Å². The normalized spacial score (nSPS) is 16.2. The second kappa shape index (κ2) is 12.4. The Bertz CT molecular complexity index is 1200. The molecule has 6 nitrogen and oxygen atoms in total. The molecule has 3 aromatic rings. The first-order valence-electron chi connectivity index (χ1n) is 11.4. The van der Waals surface area contributed by atoms with Gasteiger partial charge in [-0.2, -0.15) is 13.2 Å². The number of rotatable bonds is 8. The summed E-state index contributed by atoms with van der Waals surface area (Å²) >= 11 is 0. The van der Waals surface area contributed by atoms with Crippen molar-refractivity contribution in [2.45, 2.75) is 37.6 Å². The van der Waals surface area contributed by atoms with Gasteiger partial charge in [0.25, 0.3) is 5.91 Å². The van der Waals surface area contributed by atoms with Crippen LogP contribution in [0.15, 0.2) is 72.8 Å². The van der Waals surface area contributed by atoms with Crippen LogP contribution in [-0.4, -0.2) is 36.3 Å². The Hall–Kier alpha value is -3.92. The van der Waals surface area contributed by atoms with E-state index >= 15 is 0 Å². The average Bonchev–Trinajstić information content (AvgIpc) is 3.67. The van der Waals surface area contributed by atoms with Gasteiger partial charge in [0, 0.05) is 36.2 Å². The Labute approximate surface area is 211 Å². The molecule has 2 unspecified atom stereocenters. The molecular weight excluding hydrogens is 492 g/mol. The smallest absolute Gasteiger partial charge is 0.490 e. The lowest BCUT2D eigenvalue weighted by Gasteiger charge is -2.09. The second-order valence-electron chi connectivity index (χ2n) is 8.38. The number of benzene rings is 3. The van der Waals surface area contributed by atoms with Gasteiger partial charge in [0.05, 0.1) is 7.11 Å². The Morgan fingerprint density at radius 1 is 1.00 bits per heavy atom. The molecular formula is C27H26F4N2O4. The fourth-order valence-electron chi connectivity index (χ4n) is 3.61. The van der Waals surface area contributed by atoms with Crippen molar-refractivity contribution >= 4 is 11.9 Å². The highest BCUT2D eigenvalue weighted by molar-refractivity contribution is 5.94. The van der Waals surface area contributed by atoms with Crippen LogP contribution in [0.5, 0.6) is 5.75 Å². The number of methoxy groups -OCH3 is 1. The fourth-order valence-corrected chi connectivity index (χ4v) is 3.61. The van der Waals surface area contributed by atoms with Crippen LogP contribution in [0.3, 0.4) is 0 Å². The van der Waals surface area contributed by atoms with Gasteiger partial charge >= 0.3 is 12.1 Å². The zero-order valence-corrected chi connectivity index (χ0v) is 19.9. The molecule has 3 N–H and O–H groups in total. The van der Waals surface area contributed by atoms with Crippen LogP contribution in [0.4, 0.5) is 17.6 Å². The number of hydrogen-bond acceptors (Lipinski definition) is 4. The minimum Gasteiger partial charge on any atom is -0.497 e. The van der Waals surface area contributed by atoms with Crippen LogP contribution in [0.25, 0.3) is 0 Å². The van der Waals surface area contributed by atoms with Gasteiger partial charge in [-0.05, 0) is 47.9 Å². The molecule has 0 bridgehead atoms. The summed E-state index contributed by atoms with van der Waals surface area (Å²) in [5.74, 6) is -2.02. The molecule has 1 amide bonds. The van der Waals surface area contributed by atoms with Gasteiger partial charge in [-0.3, -0.25) is 4.79 Å². The Morgan fingerprint density at radius 2 is 1.65 bits per heavy atom. The summed E-state index contributed by atoms with van der Waals surface area (Å²) in [5, 5.41) is 13.5. The van der Waals surface area contributed by atoms with Crippen LogP contribution >= 0.6 is 0 Å². The standard InChI is InChI=1S/C25H25FN2O2.C2HF3O2/c1-30-21-11-12-23(26)20(13-21)16-27-24-14-22(24)18-7-9-19(10-8-18)25(29)28-15-17-5-3-2-4-6-17;3-2(4,5)1(6)7/h2-13,22,24,27H,14-16H2,1H3,(H,28,29);(H,6,7). The summed E-state index contributed by atoms with van der Waals surface area (Å²) in [7, 11) is 1.58. The fraction of sp³-hybridized carbons (Fsp3) is 0.259. The van der Waals surface area contributed by atoms with Crippen molar-refractivity contribution in [1.82, 2.24) is 10.6 Å². The highest BCUT2D eigenvalue weighted by Crippen LogP contribution is 2.41. The molecule has 196 valence electrons. The molecule has 0 aromatic heterocycles. The highest BCUT2D eigenvalue weighted by atomic mass is 19.4. The molecule has 0 radical (unpaired) electrons. The number of carbonyl (C=O) groups excluding carboxylic acids is 1. The zero-order chi connectivity index (χ0) is 27.0. The first-order valence-corrected chi connectivity index (χ1v) is 11.4. The average molecular weight is 519 g/mol. The molecule has 1 saturated carbocycles. The largest absolute Gasteiger partial charge is 0.497 e. The number of aliphatic carboxylic acids is 1. The quantitative estimate of drug-likeness (QED) is 0.364. The van der Waals surface area contributed by atoms with Crippen LogP contribution in [0, 0.1) is 5.82 Å². The second-order valence-corrected chi connectivity index (χ2v) is 8.38. The summed E-state index contributed by atoms with van der Waals surface area (Å²) in [6, 6.07) is 22.7. The number of carboxylic acids is 1. The van der Waals surface area contributed by atoms with Gasteiger partial charge in [0.2, 0.25) is 0 Å². The summed E-state index contributed by atoms with van der Waals surface area (Å²) in [6.07, 6.45) is -4.08. The van der Waals surface area contributed by atoms with Gasteiger partial charge < -0.3 is 20.5 Å². The molecule has 1 fully saturated rings. The van der Waals surface area contributed by atoms with Crippen LogP contribution in [0.1, 0.15) is 39.4 Å². The van der Waals surface area contributed by atoms with Gasteiger partial charge in [0.1, 0.15) is 11.6 Å². The number of carboxylic acid groups (broad SMARTS) is 1.